The smallest absolute Gasteiger partial charge is 0.127 e. The second kappa shape index (κ2) is 4.62. The summed E-state index contributed by atoms with van der Waals surface area (Å²) in [7, 11) is 0. The van der Waals surface area contributed by atoms with Gasteiger partial charge < -0.3 is 10.1 Å². The summed E-state index contributed by atoms with van der Waals surface area (Å²) in [5, 5.41) is 3.74. The molecule has 1 saturated carbocycles. The van der Waals surface area contributed by atoms with Crippen molar-refractivity contribution in [1.82, 2.24) is 5.32 Å². The number of hydrogen-bond acceptors (Lipinski definition) is 2. The van der Waals surface area contributed by atoms with Crippen LogP contribution in [0.15, 0.2) is 16.6 Å². The lowest BCUT2D eigenvalue weighted by molar-refractivity contribution is 0.313. The van der Waals surface area contributed by atoms with Gasteiger partial charge in [-0.25, -0.2) is 0 Å². The average Bonchev–Trinajstić information content (AvgIpc) is 3.08. The van der Waals surface area contributed by atoms with E-state index in [1.165, 1.54) is 30.4 Å². The Morgan fingerprint density at radius 2 is 2.12 bits per heavy atom. The fourth-order valence-electron chi connectivity index (χ4n) is 2.54. The van der Waals surface area contributed by atoms with Crippen molar-refractivity contribution in [2.45, 2.75) is 44.7 Å². The molecule has 1 atom stereocenters. The number of benzene rings is 1. The van der Waals surface area contributed by atoms with E-state index in [9.17, 15) is 0 Å². The lowest BCUT2D eigenvalue weighted by Gasteiger charge is -2.19. The van der Waals surface area contributed by atoms with E-state index in [1.807, 2.05) is 0 Å². The molecule has 0 amide bonds. The Hall–Kier alpha value is -0.540. The zero-order valence-corrected chi connectivity index (χ0v) is 11.7. The molecule has 1 aromatic rings. The summed E-state index contributed by atoms with van der Waals surface area (Å²) in [5.74, 6) is 1.10. The molecule has 1 fully saturated rings. The van der Waals surface area contributed by atoms with Gasteiger partial charge in [0.15, 0.2) is 0 Å². The number of aryl methyl sites for hydroxylation is 1. The fraction of sp³-hybridized carbons (Fsp3) is 0.571. The number of ether oxygens (including phenoxy) is 1. The summed E-state index contributed by atoms with van der Waals surface area (Å²) in [5.41, 5.74) is 2.57. The maximum absolute atomic E-state index is 5.91. The van der Waals surface area contributed by atoms with E-state index < -0.39 is 0 Å². The summed E-state index contributed by atoms with van der Waals surface area (Å²) in [6.07, 6.45) is 4.98. The molecule has 0 radical (unpaired) electrons. The molecule has 2 aliphatic rings. The monoisotopic (exact) mass is 295 g/mol. The van der Waals surface area contributed by atoms with Crippen molar-refractivity contribution in [3.05, 3.63) is 27.7 Å². The van der Waals surface area contributed by atoms with E-state index in [-0.39, 0.29) is 0 Å². The fourth-order valence-corrected chi connectivity index (χ4v) is 3.13. The highest BCUT2D eigenvalue weighted by atomic mass is 79.9. The highest BCUT2D eigenvalue weighted by Crippen LogP contribution is 2.38. The molecule has 0 aromatic heterocycles. The molecular weight excluding hydrogens is 278 g/mol. The van der Waals surface area contributed by atoms with Crippen LogP contribution in [0.3, 0.4) is 0 Å². The van der Waals surface area contributed by atoms with E-state index in [0.717, 1.165) is 29.3 Å². The van der Waals surface area contributed by atoms with Crippen LogP contribution in [0, 0.1) is 6.92 Å². The van der Waals surface area contributed by atoms with Crippen molar-refractivity contribution < 1.29 is 4.74 Å². The largest absolute Gasteiger partial charge is 0.493 e. The van der Waals surface area contributed by atoms with Crippen LogP contribution < -0.4 is 10.1 Å². The molecule has 1 aliphatic heterocycles. The van der Waals surface area contributed by atoms with Gasteiger partial charge in [-0.05, 0) is 50.3 Å². The minimum atomic E-state index is 0.469. The number of rotatable bonds is 2. The molecule has 1 N–H and O–H groups in total. The number of hydrogen-bond donors (Lipinski definition) is 1. The average molecular weight is 296 g/mol. The molecule has 2 nitrogen and oxygen atoms in total. The van der Waals surface area contributed by atoms with Gasteiger partial charge in [-0.15, -0.1) is 0 Å². The van der Waals surface area contributed by atoms with Crippen LogP contribution in [-0.4, -0.2) is 12.6 Å². The molecule has 92 valence electrons. The molecule has 1 heterocycles. The third kappa shape index (κ3) is 2.50. The molecule has 3 heteroatoms. The number of nitrogens with one attached hydrogen (secondary N) is 1. The van der Waals surface area contributed by atoms with Gasteiger partial charge in [0.2, 0.25) is 0 Å². The molecular formula is C14H18BrNO. The van der Waals surface area contributed by atoms with Crippen molar-refractivity contribution in [3.8, 4) is 5.75 Å². The van der Waals surface area contributed by atoms with Gasteiger partial charge in [0.25, 0.3) is 0 Å². The van der Waals surface area contributed by atoms with Gasteiger partial charge >= 0.3 is 0 Å². The second-order valence-electron chi connectivity index (χ2n) is 5.13. The van der Waals surface area contributed by atoms with E-state index in [4.69, 9.17) is 4.74 Å². The molecule has 17 heavy (non-hydrogen) atoms. The SMILES string of the molecule is Cc1cc(Br)cc2c1OCCCC2NC1CC1. The maximum atomic E-state index is 5.91. The minimum Gasteiger partial charge on any atom is -0.493 e. The predicted molar refractivity (Wildman–Crippen MR) is 72.5 cm³/mol. The van der Waals surface area contributed by atoms with Gasteiger partial charge in [0, 0.05) is 22.1 Å². The molecule has 3 rings (SSSR count). The summed E-state index contributed by atoms with van der Waals surface area (Å²) in [6, 6.07) is 5.56. The first kappa shape index (κ1) is 11.5. The maximum Gasteiger partial charge on any atom is 0.127 e. The van der Waals surface area contributed by atoms with Crippen LogP contribution >= 0.6 is 15.9 Å². The Balaban J connectivity index is 1.97. The van der Waals surface area contributed by atoms with Crippen LogP contribution in [0.1, 0.15) is 42.9 Å². The van der Waals surface area contributed by atoms with Crippen LogP contribution in [0.5, 0.6) is 5.75 Å². The number of halogens is 1. The third-order valence-corrected chi connectivity index (χ3v) is 4.00. The van der Waals surface area contributed by atoms with Gasteiger partial charge in [0.05, 0.1) is 6.61 Å². The molecule has 0 saturated heterocycles. The van der Waals surface area contributed by atoms with Crippen molar-refractivity contribution in [2.24, 2.45) is 0 Å². The zero-order chi connectivity index (χ0) is 11.8. The second-order valence-corrected chi connectivity index (χ2v) is 6.04. The Morgan fingerprint density at radius 1 is 1.29 bits per heavy atom. The third-order valence-electron chi connectivity index (χ3n) is 3.54. The van der Waals surface area contributed by atoms with E-state index in [1.54, 1.807) is 0 Å². The summed E-state index contributed by atoms with van der Waals surface area (Å²) in [6.45, 7) is 2.97. The van der Waals surface area contributed by atoms with Crippen molar-refractivity contribution in [2.75, 3.05) is 6.61 Å². The lowest BCUT2D eigenvalue weighted by atomic mass is 10.00. The Kier molecular flexibility index (Phi) is 3.14. The summed E-state index contributed by atoms with van der Waals surface area (Å²) >= 11 is 3.59. The topological polar surface area (TPSA) is 21.3 Å². The van der Waals surface area contributed by atoms with Crippen molar-refractivity contribution >= 4 is 15.9 Å². The Morgan fingerprint density at radius 3 is 2.88 bits per heavy atom. The van der Waals surface area contributed by atoms with Crippen molar-refractivity contribution in [3.63, 3.8) is 0 Å². The Labute approximate surface area is 111 Å². The molecule has 0 bridgehead atoms. The highest BCUT2D eigenvalue weighted by molar-refractivity contribution is 9.10. The van der Waals surface area contributed by atoms with Crippen LogP contribution in [0.2, 0.25) is 0 Å². The first-order valence-electron chi connectivity index (χ1n) is 6.43. The Bertz CT molecular complexity index is 428. The molecule has 1 aliphatic carbocycles. The summed E-state index contributed by atoms with van der Waals surface area (Å²) < 4.78 is 7.06. The molecule has 0 spiro atoms. The predicted octanol–water partition coefficient (Wildman–Crippen LogP) is 3.72. The van der Waals surface area contributed by atoms with Crippen LogP contribution in [-0.2, 0) is 0 Å². The van der Waals surface area contributed by atoms with Crippen LogP contribution in [0.25, 0.3) is 0 Å². The van der Waals surface area contributed by atoms with Gasteiger partial charge in [-0.2, -0.15) is 0 Å². The van der Waals surface area contributed by atoms with Gasteiger partial charge in [0.1, 0.15) is 5.75 Å². The highest BCUT2D eigenvalue weighted by Gasteiger charge is 2.28. The lowest BCUT2D eigenvalue weighted by Crippen LogP contribution is -2.23. The van der Waals surface area contributed by atoms with Crippen molar-refractivity contribution in [1.29, 1.82) is 0 Å². The van der Waals surface area contributed by atoms with E-state index in [2.05, 4.69) is 40.3 Å². The number of fused-ring (bicyclic) bond motifs is 1. The van der Waals surface area contributed by atoms with E-state index >= 15 is 0 Å². The van der Waals surface area contributed by atoms with Gasteiger partial charge in [-0.3, -0.25) is 0 Å². The first-order chi connectivity index (χ1) is 8.24. The molecule has 1 aromatic carbocycles. The summed E-state index contributed by atoms with van der Waals surface area (Å²) in [4.78, 5) is 0. The standard InChI is InChI=1S/C14H18BrNO/c1-9-7-10(15)8-12-13(16-11-4-5-11)3-2-6-17-14(9)12/h7-8,11,13,16H,2-6H2,1H3. The first-order valence-corrected chi connectivity index (χ1v) is 7.22. The van der Waals surface area contributed by atoms with E-state index in [0.29, 0.717) is 6.04 Å². The normalized spacial score (nSPS) is 23.8. The quantitative estimate of drug-likeness (QED) is 0.898. The molecule has 1 unspecified atom stereocenters. The minimum absolute atomic E-state index is 0.469. The van der Waals surface area contributed by atoms with Gasteiger partial charge in [-0.1, -0.05) is 15.9 Å². The van der Waals surface area contributed by atoms with Crippen LogP contribution in [0.4, 0.5) is 0 Å². The zero-order valence-electron chi connectivity index (χ0n) is 10.1.